The number of benzene rings is 2. The number of halogens is 1. The normalized spacial score (nSPS) is 17.0. The van der Waals surface area contributed by atoms with E-state index in [1.54, 1.807) is 24.5 Å². The van der Waals surface area contributed by atoms with Gasteiger partial charge in [-0.05, 0) is 34.9 Å². The van der Waals surface area contributed by atoms with E-state index >= 15 is 0 Å². The third kappa shape index (κ3) is 4.95. The Morgan fingerprint density at radius 2 is 1.84 bits per heavy atom. The summed E-state index contributed by atoms with van der Waals surface area (Å²) < 4.78 is 23.2. The first-order valence-corrected chi connectivity index (χ1v) is 9.34. The van der Waals surface area contributed by atoms with Crippen molar-refractivity contribution >= 4 is 12.5 Å². The fourth-order valence-corrected chi connectivity index (χ4v) is 3.28. The zero-order valence-corrected chi connectivity index (χ0v) is 16.5. The van der Waals surface area contributed by atoms with Gasteiger partial charge in [0.25, 0.3) is 12.5 Å². The highest BCUT2D eigenvalue weighted by atomic mass is 19.1. The molecule has 2 heterocycles. The van der Waals surface area contributed by atoms with Crippen molar-refractivity contribution in [2.75, 3.05) is 19.9 Å². The molecule has 0 aliphatic carbocycles. The molecular formula is C22H21FN4O4. The summed E-state index contributed by atoms with van der Waals surface area (Å²) in [5.41, 5.74) is 8.82. The summed E-state index contributed by atoms with van der Waals surface area (Å²) in [7, 11) is 0. The lowest BCUT2D eigenvalue weighted by Gasteiger charge is -2.26. The summed E-state index contributed by atoms with van der Waals surface area (Å²) in [4.78, 5) is 21.2. The molecule has 1 aromatic heterocycles. The maximum Gasteiger partial charge on any atom is 0.290 e. The Labute approximate surface area is 178 Å². The molecule has 31 heavy (non-hydrogen) atoms. The summed E-state index contributed by atoms with van der Waals surface area (Å²) in [5.74, 6) is 0.600. The van der Waals surface area contributed by atoms with Crippen LogP contribution in [-0.4, -0.2) is 47.5 Å². The van der Waals surface area contributed by atoms with Crippen LogP contribution in [0.1, 0.15) is 11.1 Å². The van der Waals surface area contributed by atoms with E-state index < -0.39 is 12.2 Å². The number of alkyl halides is 1. The van der Waals surface area contributed by atoms with Crippen molar-refractivity contribution in [3.8, 4) is 16.9 Å². The van der Waals surface area contributed by atoms with Gasteiger partial charge >= 0.3 is 0 Å². The van der Waals surface area contributed by atoms with E-state index in [1.807, 2.05) is 36.4 Å². The topological polar surface area (TPSA) is 120 Å². The van der Waals surface area contributed by atoms with Gasteiger partial charge in [0.1, 0.15) is 32.0 Å². The van der Waals surface area contributed by atoms with Crippen molar-refractivity contribution in [2.24, 2.45) is 10.7 Å². The van der Waals surface area contributed by atoms with Crippen molar-refractivity contribution in [1.29, 1.82) is 0 Å². The van der Waals surface area contributed by atoms with Crippen LogP contribution in [0.2, 0.25) is 0 Å². The van der Waals surface area contributed by atoms with Gasteiger partial charge in [0.15, 0.2) is 5.54 Å². The average molecular weight is 424 g/mol. The minimum absolute atomic E-state index is 0.0277. The molecule has 0 saturated heterocycles. The van der Waals surface area contributed by atoms with Gasteiger partial charge in [-0.2, -0.15) is 0 Å². The van der Waals surface area contributed by atoms with Crippen molar-refractivity contribution in [2.45, 2.75) is 5.54 Å². The molecule has 1 atom stereocenters. The van der Waals surface area contributed by atoms with Crippen LogP contribution in [0, 0.1) is 0 Å². The standard InChI is InChI=1S/C21H19FN4O2.CH2O2/c22-8-9-27-19-6-4-17(5-7-19)21(13-28-20(23)26-21)18-3-1-2-15(10-18)16-11-24-14-25-12-16;2-1-3/h1-7,10-12,14H,8-9,13H2,(H2,23,26);1H,(H,2,3). The lowest BCUT2D eigenvalue weighted by molar-refractivity contribution is -0.122. The zero-order valence-electron chi connectivity index (χ0n) is 16.5. The number of hydrogen-bond acceptors (Lipinski definition) is 7. The quantitative estimate of drug-likeness (QED) is 0.584. The molecule has 0 amide bonds. The number of carboxylic acid groups (broad SMARTS) is 1. The average Bonchev–Trinajstić information content (AvgIpc) is 3.22. The third-order valence-corrected chi connectivity index (χ3v) is 4.64. The number of rotatable bonds is 6. The monoisotopic (exact) mass is 424 g/mol. The second-order valence-electron chi connectivity index (χ2n) is 6.47. The minimum Gasteiger partial charge on any atom is -0.491 e. The Morgan fingerprint density at radius 3 is 2.45 bits per heavy atom. The summed E-state index contributed by atoms with van der Waals surface area (Å²) >= 11 is 0. The number of nitrogens with two attached hydrogens (primary N) is 1. The predicted molar refractivity (Wildman–Crippen MR) is 112 cm³/mol. The van der Waals surface area contributed by atoms with Gasteiger partial charge in [0.05, 0.1) is 0 Å². The van der Waals surface area contributed by atoms with E-state index in [4.69, 9.17) is 25.1 Å². The summed E-state index contributed by atoms with van der Waals surface area (Å²) in [5, 5.41) is 6.89. The molecule has 4 rings (SSSR count). The number of ether oxygens (including phenoxy) is 2. The van der Waals surface area contributed by atoms with Crippen molar-refractivity contribution in [3.05, 3.63) is 78.4 Å². The van der Waals surface area contributed by atoms with E-state index in [2.05, 4.69) is 15.0 Å². The van der Waals surface area contributed by atoms with E-state index in [0.717, 1.165) is 22.3 Å². The summed E-state index contributed by atoms with van der Waals surface area (Å²) in [6, 6.07) is 15.5. The van der Waals surface area contributed by atoms with Gasteiger partial charge in [-0.15, -0.1) is 0 Å². The summed E-state index contributed by atoms with van der Waals surface area (Å²) in [6.45, 7) is -0.464. The molecule has 3 N–H and O–H groups in total. The highest BCUT2D eigenvalue weighted by molar-refractivity contribution is 5.75. The fourth-order valence-electron chi connectivity index (χ4n) is 3.28. The van der Waals surface area contributed by atoms with Crippen LogP contribution in [0.4, 0.5) is 4.39 Å². The molecule has 0 radical (unpaired) electrons. The van der Waals surface area contributed by atoms with Gasteiger partial charge in [0, 0.05) is 18.0 Å². The van der Waals surface area contributed by atoms with Crippen LogP contribution >= 0.6 is 0 Å². The van der Waals surface area contributed by atoms with Crippen molar-refractivity contribution in [3.63, 3.8) is 0 Å². The number of amidine groups is 1. The first-order valence-electron chi connectivity index (χ1n) is 9.34. The maximum absolute atomic E-state index is 12.3. The van der Waals surface area contributed by atoms with Gasteiger partial charge in [-0.1, -0.05) is 30.3 Å². The molecule has 0 spiro atoms. The lowest BCUT2D eigenvalue weighted by atomic mass is 9.83. The Balaban J connectivity index is 0.000000858. The number of aliphatic imine (C=N–C) groups is 1. The van der Waals surface area contributed by atoms with Gasteiger partial charge in [0.2, 0.25) is 0 Å². The van der Waals surface area contributed by atoms with E-state index in [9.17, 15) is 4.39 Å². The molecule has 3 aromatic rings. The molecule has 0 bridgehead atoms. The van der Waals surface area contributed by atoms with Crippen molar-refractivity contribution in [1.82, 2.24) is 9.97 Å². The molecule has 160 valence electrons. The Kier molecular flexibility index (Phi) is 7.10. The first-order chi connectivity index (χ1) is 15.1. The van der Waals surface area contributed by atoms with E-state index in [-0.39, 0.29) is 25.7 Å². The molecule has 0 saturated carbocycles. The second-order valence-corrected chi connectivity index (χ2v) is 6.47. The van der Waals surface area contributed by atoms with Gasteiger partial charge in [-0.3, -0.25) is 4.79 Å². The number of carbonyl (C=O) groups is 1. The molecule has 0 fully saturated rings. The third-order valence-electron chi connectivity index (χ3n) is 4.64. The molecular weight excluding hydrogens is 403 g/mol. The molecule has 9 heteroatoms. The van der Waals surface area contributed by atoms with Crippen LogP contribution in [0.15, 0.2) is 72.2 Å². The molecule has 1 aliphatic rings. The maximum atomic E-state index is 12.3. The van der Waals surface area contributed by atoms with E-state index in [0.29, 0.717) is 5.75 Å². The fraction of sp³-hybridized carbons (Fsp3) is 0.182. The van der Waals surface area contributed by atoms with Crippen LogP contribution in [-0.2, 0) is 15.1 Å². The van der Waals surface area contributed by atoms with Gasteiger partial charge < -0.3 is 20.3 Å². The number of aromatic nitrogens is 2. The molecule has 1 aliphatic heterocycles. The Bertz CT molecular complexity index is 1030. The Hall–Kier alpha value is -4.01. The van der Waals surface area contributed by atoms with Crippen LogP contribution in [0.3, 0.4) is 0 Å². The highest BCUT2D eigenvalue weighted by Gasteiger charge is 2.40. The first kappa shape index (κ1) is 21.7. The van der Waals surface area contributed by atoms with Crippen LogP contribution in [0.5, 0.6) is 5.75 Å². The lowest BCUT2D eigenvalue weighted by Crippen LogP contribution is -2.27. The number of nitrogens with zero attached hydrogens (tertiary/aromatic N) is 3. The minimum atomic E-state index is -0.769. The zero-order chi connectivity index (χ0) is 22.1. The SMILES string of the molecule is NC1=NC(c2ccc(OCCF)cc2)(c2cccc(-c3cncnc3)c2)CO1.O=CO. The van der Waals surface area contributed by atoms with Crippen molar-refractivity contribution < 1.29 is 23.8 Å². The largest absolute Gasteiger partial charge is 0.491 e. The van der Waals surface area contributed by atoms with Crippen LogP contribution in [0.25, 0.3) is 11.1 Å². The van der Waals surface area contributed by atoms with Crippen LogP contribution < -0.4 is 10.5 Å². The highest BCUT2D eigenvalue weighted by Crippen LogP contribution is 2.39. The summed E-state index contributed by atoms with van der Waals surface area (Å²) in [6.07, 6.45) is 5.02. The Morgan fingerprint density at radius 1 is 1.13 bits per heavy atom. The number of hydrogen-bond donors (Lipinski definition) is 2. The smallest absolute Gasteiger partial charge is 0.290 e. The van der Waals surface area contributed by atoms with Gasteiger partial charge in [-0.25, -0.2) is 19.4 Å². The van der Waals surface area contributed by atoms with E-state index in [1.165, 1.54) is 6.33 Å². The molecule has 8 nitrogen and oxygen atoms in total. The molecule has 1 unspecified atom stereocenters. The predicted octanol–water partition coefficient (Wildman–Crippen LogP) is 2.78. The molecule has 2 aromatic carbocycles. The second kappa shape index (κ2) is 10.1.